The van der Waals surface area contributed by atoms with Crippen LogP contribution in [0.4, 0.5) is 11.4 Å². The third-order valence-corrected chi connectivity index (χ3v) is 3.56. The van der Waals surface area contributed by atoms with Crippen molar-refractivity contribution in [2.24, 2.45) is 0 Å². The van der Waals surface area contributed by atoms with E-state index in [0.717, 1.165) is 44.0 Å². The first-order valence-corrected chi connectivity index (χ1v) is 6.46. The Kier molecular flexibility index (Phi) is 4.34. The van der Waals surface area contributed by atoms with Crippen molar-refractivity contribution in [1.29, 1.82) is 0 Å². The largest absolute Gasteiger partial charge is 0.388 e. The van der Waals surface area contributed by atoms with Gasteiger partial charge in [0.15, 0.2) is 0 Å². The van der Waals surface area contributed by atoms with Gasteiger partial charge in [0.05, 0.1) is 4.92 Å². The molecule has 1 saturated heterocycles. The van der Waals surface area contributed by atoms with Crippen molar-refractivity contribution in [1.82, 2.24) is 9.80 Å². The van der Waals surface area contributed by atoms with Crippen LogP contribution in [-0.4, -0.2) is 55.0 Å². The highest BCUT2D eigenvalue weighted by molar-refractivity contribution is 5.55. The molecule has 0 bridgehead atoms. The number of non-ortho nitro benzene ring substituents is 1. The molecule has 0 atom stereocenters. The fourth-order valence-corrected chi connectivity index (χ4v) is 2.32. The van der Waals surface area contributed by atoms with E-state index >= 15 is 0 Å². The molecule has 0 aromatic heterocycles. The zero-order valence-electron chi connectivity index (χ0n) is 11.4. The zero-order chi connectivity index (χ0) is 13.8. The number of nitrogens with one attached hydrogen (secondary N) is 1. The smallest absolute Gasteiger partial charge is 0.269 e. The Morgan fingerprint density at radius 1 is 1.32 bits per heavy atom. The van der Waals surface area contributed by atoms with E-state index in [4.69, 9.17) is 0 Å². The predicted molar refractivity (Wildman–Crippen MR) is 75.4 cm³/mol. The minimum Gasteiger partial charge on any atom is -0.388 e. The monoisotopic (exact) mass is 264 g/mol. The minimum atomic E-state index is -0.340. The summed E-state index contributed by atoms with van der Waals surface area (Å²) in [7, 11) is 3.96. The lowest BCUT2D eigenvalue weighted by Crippen LogP contribution is -2.43. The number of hydrogen-bond donors (Lipinski definition) is 1. The van der Waals surface area contributed by atoms with E-state index in [-0.39, 0.29) is 10.6 Å². The van der Waals surface area contributed by atoms with Crippen molar-refractivity contribution in [3.63, 3.8) is 0 Å². The Balaban J connectivity index is 2.13. The van der Waals surface area contributed by atoms with Crippen molar-refractivity contribution >= 4 is 11.4 Å². The zero-order valence-corrected chi connectivity index (χ0v) is 11.4. The van der Waals surface area contributed by atoms with Gasteiger partial charge in [0.2, 0.25) is 0 Å². The molecule has 0 amide bonds. The van der Waals surface area contributed by atoms with E-state index < -0.39 is 0 Å². The van der Waals surface area contributed by atoms with Crippen LogP contribution in [0.3, 0.4) is 0 Å². The summed E-state index contributed by atoms with van der Waals surface area (Å²) in [5.74, 6) is 0. The number of likely N-dealkylation sites (N-methyl/N-ethyl adjacent to an activating group) is 1. The molecule has 1 aromatic carbocycles. The molecule has 6 nitrogen and oxygen atoms in total. The Morgan fingerprint density at radius 2 is 2.00 bits per heavy atom. The lowest BCUT2D eigenvalue weighted by molar-refractivity contribution is -0.384. The molecule has 0 unspecified atom stereocenters. The quantitative estimate of drug-likeness (QED) is 0.657. The second kappa shape index (κ2) is 5.99. The van der Waals surface area contributed by atoms with Crippen LogP contribution in [0, 0.1) is 10.1 Å². The molecule has 1 aromatic rings. The van der Waals surface area contributed by atoms with Crippen LogP contribution in [0.5, 0.6) is 0 Å². The van der Waals surface area contributed by atoms with Crippen molar-refractivity contribution in [3.05, 3.63) is 33.9 Å². The van der Waals surface area contributed by atoms with Crippen LogP contribution in [-0.2, 0) is 6.54 Å². The highest BCUT2D eigenvalue weighted by Crippen LogP contribution is 2.23. The lowest BCUT2D eigenvalue weighted by Gasteiger charge is -2.32. The van der Waals surface area contributed by atoms with E-state index in [1.165, 1.54) is 0 Å². The maximum atomic E-state index is 10.9. The molecule has 1 aliphatic heterocycles. The van der Waals surface area contributed by atoms with E-state index in [2.05, 4.69) is 22.2 Å². The van der Waals surface area contributed by atoms with Crippen LogP contribution in [0.1, 0.15) is 5.56 Å². The van der Waals surface area contributed by atoms with Gasteiger partial charge in [0.25, 0.3) is 5.69 Å². The van der Waals surface area contributed by atoms with Gasteiger partial charge >= 0.3 is 0 Å². The first-order valence-electron chi connectivity index (χ1n) is 6.46. The molecule has 0 spiro atoms. The van der Waals surface area contributed by atoms with Gasteiger partial charge in [0, 0.05) is 57.6 Å². The molecule has 6 heteroatoms. The maximum absolute atomic E-state index is 10.9. The molecule has 104 valence electrons. The van der Waals surface area contributed by atoms with Gasteiger partial charge in [-0.25, -0.2) is 0 Å². The van der Waals surface area contributed by atoms with Crippen LogP contribution >= 0.6 is 0 Å². The second-order valence-corrected chi connectivity index (χ2v) is 4.93. The molecule has 1 fully saturated rings. The van der Waals surface area contributed by atoms with Crippen LogP contribution < -0.4 is 5.32 Å². The highest BCUT2D eigenvalue weighted by atomic mass is 16.6. The van der Waals surface area contributed by atoms with Gasteiger partial charge < -0.3 is 10.2 Å². The summed E-state index contributed by atoms with van der Waals surface area (Å²) in [6.07, 6.45) is 0. The molecule has 0 aliphatic carbocycles. The minimum absolute atomic E-state index is 0.156. The molecule has 1 heterocycles. The Labute approximate surface area is 113 Å². The Bertz CT molecular complexity index is 456. The number of hydrogen-bond acceptors (Lipinski definition) is 5. The maximum Gasteiger partial charge on any atom is 0.269 e. The molecule has 19 heavy (non-hydrogen) atoms. The third-order valence-electron chi connectivity index (χ3n) is 3.56. The number of nitro groups is 1. The lowest BCUT2D eigenvalue weighted by atomic mass is 10.1. The second-order valence-electron chi connectivity index (χ2n) is 4.93. The Hall–Kier alpha value is -1.66. The molecule has 0 saturated carbocycles. The van der Waals surface area contributed by atoms with Gasteiger partial charge in [-0.2, -0.15) is 0 Å². The molecule has 2 rings (SSSR count). The normalized spacial score (nSPS) is 17.4. The molecule has 1 aliphatic rings. The average Bonchev–Trinajstić information content (AvgIpc) is 2.41. The van der Waals surface area contributed by atoms with Gasteiger partial charge in [-0.3, -0.25) is 15.0 Å². The summed E-state index contributed by atoms with van der Waals surface area (Å²) in [4.78, 5) is 15.1. The number of nitrogens with zero attached hydrogens (tertiary/aromatic N) is 3. The van der Waals surface area contributed by atoms with Gasteiger partial charge in [-0.15, -0.1) is 0 Å². The van der Waals surface area contributed by atoms with Crippen LogP contribution in [0.2, 0.25) is 0 Å². The summed E-state index contributed by atoms with van der Waals surface area (Å²) in [5.41, 5.74) is 2.11. The summed E-state index contributed by atoms with van der Waals surface area (Å²) in [6, 6.07) is 4.99. The summed E-state index contributed by atoms with van der Waals surface area (Å²) in [6.45, 7) is 4.85. The number of nitro benzene ring substituents is 1. The van der Waals surface area contributed by atoms with Crippen molar-refractivity contribution in [2.45, 2.75) is 6.54 Å². The summed E-state index contributed by atoms with van der Waals surface area (Å²) < 4.78 is 0. The summed E-state index contributed by atoms with van der Waals surface area (Å²) >= 11 is 0. The predicted octanol–water partition coefficient (Wildman–Crippen LogP) is 1.38. The van der Waals surface area contributed by atoms with Gasteiger partial charge in [0.1, 0.15) is 0 Å². The van der Waals surface area contributed by atoms with Crippen molar-refractivity contribution in [2.75, 3.05) is 45.6 Å². The first-order chi connectivity index (χ1) is 9.10. The molecule has 1 N–H and O–H groups in total. The van der Waals surface area contributed by atoms with Crippen LogP contribution in [0.25, 0.3) is 0 Å². The van der Waals surface area contributed by atoms with E-state index in [9.17, 15) is 10.1 Å². The number of anilines is 1. The standard InChI is InChI=1S/C13H20N4O2/c1-14-13-4-3-12(17(18)19)9-11(13)10-16-7-5-15(2)6-8-16/h3-4,9,14H,5-8,10H2,1-2H3. The number of benzene rings is 1. The molecular formula is C13H20N4O2. The van der Waals surface area contributed by atoms with Crippen LogP contribution in [0.15, 0.2) is 18.2 Å². The fourth-order valence-electron chi connectivity index (χ4n) is 2.32. The third kappa shape index (κ3) is 3.42. The van der Waals surface area contributed by atoms with Crippen molar-refractivity contribution in [3.8, 4) is 0 Å². The molecular weight excluding hydrogens is 244 g/mol. The van der Waals surface area contributed by atoms with Gasteiger partial charge in [-0.05, 0) is 18.7 Å². The van der Waals surface area contributed by atoms with E-state index in [0.29, 0.717) is 0 Å². The summed E-state index contributed by atoms with van der Waals surface area (Å²) in [5, 5.41) is 14.0. The van der Waals surface area contributed by atoms with Crippen molar-refractivity contribution < 1.29 is 4.92 Å². The number of rotatable bonds is 4. The average molecular weight is 264 g/mol. The van der Waals surface area contributed by atoms with E-state index in [1.54, 1.807) is 18.2 Å². The molecule has 0 radical (unpaired) electrons. The highest BCUT2D eigenvalue weighted by Gasteiger charge is 2.17. The Morgan fingerprint density at radius 3 is 2.58 bits per heavy atom. The fraction of sp³-hybridized carbons (Fsp3) is 0.538. The topological polar surface area (TPSA) is 61.7 Å². The van der Waals surface area contributed by atoms with Gasteiger partial charge in [-0.1, -0.05) is 0 Å². The van der Waals surface area contributed by atoms with E-state index in [1.807, 2.05) is 7.05 Å². The SMILES string of the molecule is CNc1ccc([N+](=O)[O-])cc1CN1CCN(C)CC1. The first kappa shape index (κ1) is 13.8. The number of piperazine rings is 1.